The van der Waals surface area contributed by atoms with Crippen molar-refractivity contribution in [1.82, 2.24) is 24.6 Å². The van der Waals surface area contributed by atoms with E-state index in [1.54, 1.807) is 29.6 Å². The second-order valence-corrected chi connectivity index (χ2v) is 7.44. The average Bonchev–Trinajstić information content (AvgIpc) is 2.77. The fourth-order valence-electron chi connectivity index (χ4n) is 3.78. The molecular weight excluding hydrogens is 378 g/mol. The number of nitrogens with zero attached hydrogens (tertiary/aromatic N) is 5. The summed E-state index contributed by atoms with van der Waals surface area (Å²) >= 11 is 0. The summed E-state index contributed by atoms with van der Waals surface area (Å²) in [6.07, 6.45) is 5.09. The molecule has 7 heteroatoms. The molecule has 3 aromatic heterocycles. The van der Waals surface area contributed by atoms with Gasteiger partial charge in [-0.25, -0.2) is 4.68 Å². The molecule has 1 aromatic carbocycles. The molecule has 0 atom stereocenters. The van der Waals surface area contributed by atoms with Gasteiger partial charge in [0.1, 0.15) is 5.69 Å². The molecule has 1 amide bonds. The van der Waals surface area contributed by atoms with Crippen molar-refractivity contribution < 1.29 is 4.79 Å². The van der Waals surface area contributed by atoms with Gasteiger partial charge in [0.25, 0.3) is 11.5 Å². The van der Waals surface area contributed by atoms with Crippen LogP contribution >= 0.6 is 0 Å². The zero-order chi connectivity index (χ0) is 20.5. The van der Waals surface area contributed by atoms with Gasteiger partial charge in [-0.15, -0.1) is 0 Å². The maximum atomic E-state index is 12.9. The van der Waals surface area contributed by atoms with Crippen LogP contribution in [0.5, 0.6) is 0 Å². The minimum atomic E-state index is -0.150. The lowest BCUT2D eigenvalue weighted by Crippen LogP contribution is -2.52. The van der Waals surface area contributed by atoms with Crippen molar-refractivity contribution in [3.05, 3.63) is 89.2 Å². The molecule has 4 aromatic rings. The number of hydrogen-bond donors (Lipinski definition) is 0. The first kappa shape index (κ1) is 18.2. The number of carbonyl (C=O) groups is 1. The van der Waals surface area contributed by atoms with Crippen LogP contribution in [0.3, 0.4) is 0 Å². The largest absolute Gasteiger partial charge is 0.336 e. The number of amides is 1. The topological polar surface area (TPSA) is 81.0 Å². The summed E-state index contributed by atoms with van der Waals surface area (Å²) in [5.41, 5.74) is 1.89. The van der Waals surface area contributed by atoms with E-state index in [1.807, 2.05) is 42.5 Å². The predicted molar refractivity (Wildman–Crippen MR) is 113 cm³/mol. The minimum Gasteiger partial charge on any atom is -0.336 e. The van der Waals surface area contributed by atoms with Gasteiger partial charge in [-0.3, -0.25) is 19.6 Å². The monoisotopic (exact) mass is 397 g/mol. The first-order valence-electron chi connectivity index (χ1n) is 9.80. The van der Waals surface area contributed by atoms with Crippen molar-refractivity contribution in [2.45, 2.75) is 6.54 Å². The van der Waals surface area contributed by atoms with Crippen molar-refractivity contribution >= 4 is 16.7 Å². The highest BCUT2D eigenvalue weighted by Gasteiger charge is 2.33. The summed E-state index contributed by atoms with van der Waals surface area (Å²) in [5.74, 6) is 0.103. The Morgan fingerprint density at radius 3 is 2.70 bits per heavy atom. The Bertz CT molecular complexity index is 1270. The number of benzene rings is 1. The van der Waals surface area contributed by atoms with E-state index in [1.165, 1.54) is 10.7 Å². The molecule has 5 rings (SSSR count). The third-order valence-corrected chi connectivity index (χ3v) is 5.38. The number of likely N-dealkylation sites (tertiary alicyclic amines) is 1. The van der Waals surface area contributed by atoms with Crippen LogP contribution < -0.4 is 5.56 Å². The van der Waals surface area contributed by atoms with Gasteiger partial charge in [-0.2, -0.15) is 5.10 Å². The maximum absolute atomic E-state index is 12.9. The van der Waals surface area contributed by atoms with Crippen LogP contribution in [-0.4, -0.2) is 43.6 Å². The Hall–Kier alpha value is -3.87. The number of carbonyl (C=O) groups excluding carboxylic acids is 1. The highest BCUT2D eigenvalue weighted by molar-refractivity contribution is 6.05. The first-order valence-corrected chi connectivity index (χ1v) is 9.80. The molecule has 0 bridgehead atoms. The molecule has 1 saturated heterocycles. The predicted octanol–water partition coefficient (Wildman–Crippen LogP) is 2.63. The molecule has 1 aliphatic rings. The minimum absolute atomic E-state index is 0.0764. The van der Waals surface area contributed by atoms with Crippen molar-refractivity contribution in [1.29, 1.82) is 0 Å². The summed E-state index contributed by atoms with van der Waals surface area (Å²) in [5, 5.41) is 6.33. The highest BCUT2D eigenvalue weighted by Crippen LogP contribution is 2.23. The number of rotatable bonds is 4. The van der Waals surface area contributed by atoms with Gasteiger partial charge >= 0.3 is 0 Å². The van der Waals surface area contributed by atoms with Gasteiger partial charge < -0.3 is 4.90 Å². The summed E-state index contributed by atoms with van der Waals surface area (Å²) in [6, 6.07) is 16.6. The third kappa shape index (κ3) is 3.34. The SMILES string of the molecule is O=C(c1nccc2ccccc12)N1CC(Cn2nc(-c3cccnc3)ccc2=O)C1. The normalized spacial score (nSPS) is 13.9. The van der Waals surface area contributed by atoms with Crippen LogP contribution in [-0.2, 0) is 6.54 Å². The van der Waals surface area contributed by atoms with Crippen LogP contribution in [0.4, 0.5) is 0 Å². The third-order valence-electron chi connectivity index (χ3n) is 5.38. The highest BCUT2D eigenvalue weighted by atomic mass is 16.2. The molecule has 1 aliphatic heterocycles. The van der Waals surface area contributed by atoms with Crippen LogP contribution in [0.25, 0.3) is 22.0 Å². The Kier molecular flexibility index (Phi) is 4.55. The number of pyridine rings is 2. The van der Waals surface area contributed by atoms with Crippen LogP contribution in [0.1, 0.15) is 10.5 Å². The van der Waals surface area contributed by atoms with Crippen molar-refractivity contribution in [2.24, 2.45) is 5.92 Å². The Morgan fingerprint density at radius 1 is 1.00 bits per heavy atom. The summed E-state index contributed by atoms with van der Waals surface area (Å²) in [4.78, 5) is 35.4. The van der Waals surface area contributed by atoms with Gasteiger partial charge in [-0.1, -0.05) is 24.3 Å². The summed E-state index contributed by atoms with van der Waals surface area (Å²) in [6.45, 7) is 1.63. The molecule has 30 heavy (non-hydrogen) atoms. The van der Waals surface area contributed by atoms with Crippen LogP contribution in [0.2, 0.25) is 0 Å². The van der Waals surface area contributed by atoms with E-state index in [0.29, 0.717) is 31.0 Å². The van der Waals surface area contributed by atoms with Gasteiger partial charge in [0.15, 0.2) is 0 Å². The van der Waals surface area contributed by atoms with Crippen molar-refractivity contribution in [3.63, 3.8) is 0 Å². The smallest absolute Gasteiger partial charge is 0.273 e. The Morgan fingerprint density at radius 2 is 1.87 bits per heavy atom. The van der Waals surface area contributed by atoms with E-state index in [4.69, 9.17) is 0 Å². The first-order chi connectivity index (χ1) is 14.7. The standard InChI is InChI=1S/C23H19N5O2/c29-21-8-7-20(18-5-3-10-24-12-18)26-28(21)15-16-13-27(14-16)23(30)22-19-6-2-1-4-17(19)9-11-25-22/h1-12,16H,13-15H2. The zero-order valence-corrected chi connectivity index (χ0v) is 16.2. The molecule has 0 N–H and O–H groups in total. The quantitative estimate of drug-likeness (QED) is 0.529. The van der Waals surface area contributed by atoms with E-state index < -0.39 is 0 Å². The molecule has 0 aliphatic carbocycles. The van der Waals surface area contributed by atoms with Crippen LogP contribution in [0, 0.1) is 5.92 Å². The van der Waals surface area contributed by atoms with Gasteiger partial charge in [0, 0.05) is 54.6 Å². The molecule has 148 valence electrons. The lowest BCUT2D eigenvalue weighted by Gasteiger charge is -2.39. The molecule has 4 heterocycles. The Balaban J connectivity index is 1.30. The molecule has 0 unspecified atom stereocenters. The van der Waals surface area contributed by atoms with Gasteiger partial charge in [0.05, 0.1) is 12.2 Å². The second-order valence-electron chi connectivity index (χ2n) is 7.44. The van der Waals surface area contributed by atoms with E-state index in [2.05, 4.69) is 15.1 Å². The van der Waals surface area contributed by atoms with Crippen molar-refractivity contribution in [3.8, 4) is 11.3 Å². The maximum Gasteiger partial charge on any atom is 0.273 e. The molecular formula is C23H19N5O2. The number of fused-ring (bicyclic) bond motifs is 1. The molecule has 7 nitrogen and oxygen atoms in total. The van der Waals surface area contributed by atoms with E-state index in [9.17, 15) is 9.59 Å². The fourth-order valence-corrected chi connectivity index (χ4v) is 3.78. The molecule has 0 radical (unpaired) electrons. The van der Waals surface area contributed by atoms with E-state index >= 15 is 0 Å². The van der Waals surface area contributed by atoms with Gasteiger partial charge in [-0.05, 0) is 29.7 Å². The van der Waals surface area contributed by atoms with Crippen molar-refractivity contribution in [2.75, 3.05) is 13.1 Å². The fraction of sp³-hybridized carbons (Fsp3) is 0.174. The zero-order valence-electron chi connectivity index (χ0n) is 16.2. The van der Waals surface area contributed by atoms with Gasteiger partial charge in [0.2, 0.25) is 0 Å². The second kappa shape index (κ2) is 7.51. The van der Waals surface area contributed by atoms with Crippen LogP contribution in [0.15, 0.2) is 78.0 Å². The Labute approximate surface area is 172 Å². The molecule has 0 saturated carbocycles. The number of aromatic nitrogens is 4. The number of hydrogen-bond acceptors (Lipinski definition) is 5. The van der Waals surface area contributed by atoms with E-state index in [0.717, 1.165) is 16.3 Å². The summed E-state index contributed by atoms with van der Waals surface area (Å²) in [7, 11) is 0. The lowest BCUT2D eigenvalue weighted by atomic mass is 9.98. The average molecular weight is 397 g/mol. The molecule has 1 fully saturated rings. The lowest BCUT2D eigenvalue weighted by molar-refractivity contribution is 0.0455. The van der Waals surface area contributed by atoms with E-state index in [-0.39, 0.29) is 17.4 Å². The summed E-state index contributed by atoms with van der Waals surface area (Å²) < 4.78 is 1.48. The molecule has 0 spiro atoms.